The Morgan fingerprint density at radius 2 is 1.88 bits per heavy atom. The highest BCUT2D eigenvalue weighted by molar-refractivity contribution is 7.22. The van der Waals surface area contributed by atoms with Crippen LogP contribution in [0.3, 0.4) is 0 Å². The van der Waals surface area contributed by atoms with E-state index >= 15 is 0 Å². The quantitative estimate of drug-likeness (QED) is 0.412. The van der Waals surface area contributed by atoms with Gasteiger partial charge in [0, 0.05) is 16.6 Å². The van der Waals surface area contributed by atoms with Gasteiger partial charge in [0.25, 0.3) is 5.89 Å². The van der Waals surface area contributed by atoms with Crippen LogP contribution < -0.4 is 11.3 Å². The van der Waals surface area contributed by atoms with Gasteiger partial charge in [-0.1, -0.05) is 6.07 Å². The van der Waals surface area contributed by atoms with Crippen LogP contribution in [0.25, 0.3) is 32.4 Å². The number of hydrogen-bond acceptors (Lipinski definition) is 7. The van der Waals surface area contributed by atoms with Crippen molar-refractivity contribution in [3.8, 4) is 22.2 Å². The monoisotopic (exact) mass is 369 g/mol. The summed E-state index contributed by atoms with van der Waals surface area (Å²) < 4.78 is 19.2. The largest absolute Gasteiger partial charge is 0.415 e. The lowest BCUT2D eigenvalue weighted by atomic mass is 10.1. The zero-order valence-corrected chi connectivity index (χ0v) is 15.2. The first kappa shape index (κ1) is 16.6. The van der Waals surface area contributed by atoms with E-state index in [2.05, 4.69) is 20.6 Å². The zero-order chi connectivity index (χ0) is 18.4. The third-order valence-electron chi connectivity index (χ3n) is 4.47. The van der Waals surface area contributed by atoms with Gasteiger partial charge in [-0.05, 0) is 50.1 Å². The number of nitrogens with two attached hydrogens (primary N) is 1. The highest BCUT2D eigenvalue weighted by atomic mass is 32.1. The second-order valence-electron chi connectivity index (χ2n) is 6.00. The van der Waals surface area contributed by atoms with E-state index in [9.17, 15) is 4.39 Å². The van der Waals surface area contributed by atoms with Gasteiger partial charge >= 0.3 is 0 Å². The number of benzene rings is 1. The number of nitrogens with one attached hydrogen (secondary N) is 1. The second-order valence-corrected chi connectivity index (χ2v) is 7.00. The molecule has 3 heterocycles. The molecule has 0 fully saturated rings. The maximum absolute atomic E-state index is 13.4. The van der Waals surface area contributed by atoms with Crippen molar-refractivity contribution in [2.75, 3.05) is 5.43 Å². The lowest BCUT2D eigenvalue weighted by molar-refractivity contribution is 0.583. The number of nitrogens with zero attached hydrogens (tertiary/aromatic N) is 3. The molecule has 0 unspecified atom stereocenters. The van der Waals surface area contributed by atoms with Crippen LogP contribution in [0.1, 0.15) is 16.8 Å². The van der Waals surface area contributed by atoms with Crippen molar-refractivity contribution >= 4 is 27.2 Å². The number of aromatic nitrogens is 3. The van der Waals surface area contributed by atoms with Gasteiger partial charge in [-0.25, -0.2) is 9.37 Å². The van der Waals surface area contributed by atoms with Crippen LogP contribution in [0.2, 0.25) is 0 Å². The van der Waals surface area contributed by atoms with E-state index in [0.717, 1.165) is 27.0 Å². The van der Waals surface area contributed by atoms with E-state index in [-0.39, 0.29) is 11.7 Å². The minimum Gasteiger partial charge on any atom is -0.415 e. The molecule has 4 rings (SSSR count). The van der Waals surface area contributed by atoms with E-state index in [1.165, 1.54) is 23.5 Å². The standard InChI is InChI=1S/C18H16FN5OS/c1-8-9(2)13-14(22-20)15(26-18(13)21-10(8)3)17-24-23-16(25-17)11-5-4-6-12(19)7-11/h4-7,22H,20H2,1-3H3. The van der Waals surface area contributed by atoms with Gasteiger partial charge < -0.3 is 9.84 Å². The van der Waals surface area contributed by atoms with Crippen molar-refractivity contribution in [1.29, 1.82) is 0 Å². The molecule has 0 bridgehead atoms. The SMILES string of the molecule is Cc1nc2sc(-c3nnc(-c4cccc(F)c4)o3)c(NN)c2c(C)c1C. The maximum Gasteiger partial charge on any atom is 0.260 e. The number of hydrazine groups is 1. The molecular weight excluding hydrogens is 353 g/mol. The predicted molar refractivity (Wildman–Crippen MR) is 100 cm³/mol. The number of fused-ring (bicyclic) bond motifs is 1. The molecule has 0 saturated heterocycles. The Kier molecular flexibility index (Phi) is 3.93. The van der Waals surface area contributed by atoms with Gasteiger partial charge in [-0.3, -0.25) is 5.84 Å². The van der Waals surface area contributed by atoms with Gasteiger partial charge in [0.2, 0.25) is 5.89 Å². The molecule has 0 aliphatic heterocycles. The number of anilines is 1. The summed E-state index contributed by atoms with van der Waals surface area (Å²) >= 11 is 1.43. The molecule has 0 spiro atoms. The van der Waals surface area contributed by atoms with Crippen molar-refractivity contribution < 1.29 is 8.81 Å². The molecule has 1 aromatic carbocycles. The molecule has 132 valence electrons. The normalized spacial score (nSPS) is 11.3. The number of nitrogen functional groups attached to an aromatic ring is 1. The van der Waals surface area contributed by atoms with Crippen molar-refractivity contribution in [3.63, 3.8) is 0 Å². The average molecular weight is 369 g/mol. The molecule has 4 aromatic rings. The number of thiophene rings is 1. The third-order valence-corrected chi connectivity index (χ3v) is 5.55. The molecule has 0 atom stereocenters. The van der Waals surface area contributed by atoms with E-state index in [1.54, 1.807) is 12.1 Å². The number of aryl methyl sites for hydroxylation is 2. The molecule has 3 aromatic heterocycles. The van der Waals surface area contributed by atoms with Crippen molar-refractivity contribution in [1.82, 2.24) is 15.2 Å². The predicted octanol–water partition coefficient (Wildman–Crippen LogP) is 4.36. The highest BCUT2D eigenvalue weighted by Crippen LogP contribution is 2.43. The third kappa shape index (κ3) is 2.54. The number of halogens is 1. The minimum atomic E-state index is -0.362. The summed E-state index contributed by atoms with van der Waals surface area (Å²) in [6.07, 6.45) is 0. The van der Waals surface area contributed by atoms with Crippen LogP contribution in [0.4, 0.5) is 10.1 Å². The van der Waals surface area contributed by atoms with Gasteiger partial charge in [0.05, 0.1) is 5.69 Å². The lowest BCUT2D eigenvalue weighted by Crippen LogP contribution is -2.07. The molecule has 0 aliphatic rings. The number of hydrogen-bond donors (Lipinski definition) is 2. The molecule has 3 N–H and O–H groups in total. The second kappa shape index (κ2) is 6.15. The summed E-state index contributed by atoms with van der Waals surface area (Å²) in [6.45, 7) is 6.05. The number of pyridine rings is 1. The molecule has 0 saturated carbocycles. The Labute approximate surface area is 152 Å². The summed E-state index contributed by atoms with van der Waals surface area (Å²) in [6, 6.07) is 6.02. The molecule has 0 amide bonds. The van der Waals surface area contributed by atoms with Gasteiger partial charge in [0.1, 0.15) is 15.5 Å². The Morgan fingerprint density at radius 1 is 1.12 bits per heavy atom. The zero-order valence-electron chi connectivity index (χ0n) is 14.4. The fourth-order valence-electron chi connectivity index (χ4n) is 2.88. The van der Waals surface area contributed by atoms with Gasteiger partial charge in [-0.2, -0.15) is 0 Å². The Bertz CT molecular complexity index is 1130. The van der Waals surface area contributed by atoms with Crippen molar-refractivity contribution in [2.45, 2.75) is 20.8 Å². The smallest absolute Gasteiger partial charge is 0.260 e. The van der Waals surface area contributed by atoms with Crippen LogP contribution >= 0.6 is 11.3 Å². The first-order valence-corrected chi connectivity index (χ1v) is 8.78. The molecule has 6 nitrogen and oxygen atoms in total. The average Bonchev–Trinajstić information content (AvgIpc) is 3.24. The van der Waals surface area contributed by atoms with Crippen molar-refractivity contribution in [3.05, 3.63) is 46.9 Å². The maximum atomic E-state index is 13.4. The fraction of sp³-hybridized carbons (Fsp3) is 0.167. The summed E-state index contributed by atoms with van der Waals surface area (Å²) in [7, 11) is 0. The van der Waals surface area contributed by atoms with Crippen LogP contribution in [0.15, 0.2) is 28.7 Å². The highest BCUT2D eigenvalue weighted by Gasteiger charge is 2.22. The van der Waals surface area contributed by atoms with Gasteiger partial charge in [0.15, 0.2) is 0 Å². The van der Waals surface area contributed by atoms with Crippen LogP contribution in [-0.2, 0) is 0 Å². The Balaban J connectivity index is 1.89. The topological polar surface area (TPSA) is 89.9 Å². The van der Waals surface area contributed by atoms with E-state index in [4.69, 9.17) is 10.3 Å². The lowest BCUT2D eigenvalue weighted by Gasteiger charge is -2.07. The van der Waals surface area contributed by atoms with E-state index in [1.807, 2.05) is 20.8 Å². The summed E-state index contributed by atoms with van der Waals surface area (Å²) in [4.78, 5) is 6.20. The summed E-state index contributed by atoms with van der Waals surface area (Å²) in [5, 5.41) is 9.11. The molecule has 0 radical (unpaired) electrons. The van der Waals surface area contributed by atoms with Gasteiger partial charge in [-0.15, -0.1) is 21.5 Å². The fourth-order valence-corrected chi connectivity index (χ4v) is 4.05. The van der Waals surface area contributed by atoms with Crippen LogP contribution in [0, 0.1) is 26.6 Å². The van der Waals surface area contributed by atoms with Crippen LogP contribution in [-0.4, -0.2) is 15.2 Å². The molecule has 0 aliphatic carbocycles. The Hall–Kier alpha value is -2.84. The minimum absolute atomic E-state index is 0.247. The summed E-state index contributed by atoms with van der Waals surface area (Å²) in [5.74, 6) is 5.98. The molecule has 26 heavy (non-hydrogen) atoms. The van der Waals surface area contributed by atoms with E-state index in [0.29, 0.717) is 22.0 Å². The Morgan fingerprint density at radius 3 is 2.62 bits per heavy atom. The molecular formula is C18H16FN5OS. The van der Waals surface area contributed by atoms with Crippen LogP contribution in [0.5, 0.6) is 0 Å². The first-order chi connectivity index (χ1) is 12.5. The van der Waals surface area contributed by atoms with Crippen molar-refractivity contribution in [2.24, 2.45) is 5.84 Å². The summed E-state index contributed by atoms with van der Waals surface area (Å²) in [5.41, 5.74) is 7.16. The first-order valence-electron chi connectivity index (χ1n) is 7.96. The molecule has 8 heteroatoms. The number of rotatable bonds is 3. The van der Waals surface area contributed by atoms with E-state index < -0.39 is 0 Å².